The van der Waals surface area contributed by atoms with Gasteiger partial charge in [0.2, 0.25) is 0 Å². The molecule has 1 aromatic carbocycles. The standard InChI is InChI=1S/C9H10ClFN/c1-12-5-4-7-2-3-8(11)6-9(7)10/h2-3,6H,4-5H2,1H3/q-1. The normalized spacial score (nSPS) is 10.2. The van der Waals surface area contributed by atoms with Crippen molar-refractivity contribution in [1.29, 1.82) is 0 Å². The van der Waals surface area contributed by atoms with E-state index in [1.54, 1.807) is 13.1 Å². The zero-order valence-electron chi connectivity index (χ0n) is 6.85. The van der Waals surface area contributed by atoms with E-state index in [1.807, 2.05) is 0 Å². The smallest absolute Gasteiger partial charge is 0.124 e. The molecule has 0 heterocycles. The molecular formula is C9H10ClFN-. The second-order valence-electron chi connectivity index (χ2n) is 2.53. The summed E-state index contributed by atoms with van der Waals surface area (Å²) in [7, 11) is 1.75. The van der Waals surface area contributed by atoms with Crippen LogP contribution in [0.1, 0.15) is 5.56 Å². The molecular weight excluding hydrogens is 177 g/mol. The van der Waals surface area contributed by atoms with Crippen LogP contribution >= 0.6 is 11.6 Å². The maximum Gasteiger partial charge on any atom is 0.124 e. The van der Waals surface area contributed by atoms with Crippen LogP contribution < -0.4 is 0 Å². The topological polar surface area (TPSA) is 14.1 Å². The van der Waals surface area contributed by atoms with Crippen LogP contribution in [0.15, 0.2) is 18.2 Å². The molecule has 0 unspecified atom stereocenters. The highest BCUT2D eigenvalue weighted by atomic mass is 35.5. The van der Waals surface area contributed by atoms with Crippen LogP contribution in [0.2, 0.25) is 5.02 Å². The number of hydrogen-bond acceptors (Lipinski definition) is 0. The van der Waals surface area contributed by atoms with Gasteiger partial charge in [-0.1, -0.05) is 17.7 Å². The van der Waals surface area contributed by atoms with Crippen molar-refractivity contribution in [2.75, 3.05) is 13.6 Å². The van der Waals surface area contributed by atoms with E-state index in [-0.39, 0.29) is 5.82 Å². The van der Waals surface area contributed by atoms with E-state index in [9.17, 15) is 4.39 Å². The lowest BCUT2D eigenvalue weighted by Gasteiger charge is -2.11. The minimum absolute atomic E-state index is 0.294. The maximum absolute atomic E-state index is 12.6. The first-order chi connectivity index (χ1) is 5.74. The van der Waals surface area contributed by atoms with Gasteiger partial charge in [-0.15, -0.1) is 6.54 Å². The average molecular weight is 187 g/mol. The van der Waals surface area contributed by atoms with E-state index >= 15 is 0 Å². The highest BCUT2D eigenvalue weighted by molar-refractivity contribution is 6.31. The van der Waals surface area contributed by atoms with E-state index in [2.05, 4.69) is 5.32 Å². The quantitative estimate of drug-likeness (QED) is 0.689. The van der Waals surface area contributed by atoms with Crippen molar-refractivity contribution in [3.05, 3.63) is 39.9 Å². The van der Waals surface area contributed by atoms with Crippen LogP contribution in [0, 0.1) is 5.82 Å². The molecule has 0 radical (unpaired) electrons. The number of hydrogen-bond donors (Lipinski definition) is 0. The Morgan fingerprint density at radius 2 is 2.25 bits per heavy atom. The summed E-state index contributed by atoms with van der Waals surface area (Å²) in [5.41, 5.74) is 0.948. The zero-order chi connectivity index (χ0) is 8.97. The molecule has 1 rings (SSSR count). The van der Waals surface area contributed by atoms with Crippen LogP contribution in [-0.4, -0.2) is 13.6 Å². The van der Waals surface area contributed by atoms with E-state index < -0.39 is 0 Å². The average Bonchev–Trinajstić information content (AvgIpc) is 2.03. The summed E-state index contributed by atoms with van der Waals surface area (Å²) < 4.78 is 12.6. The molecule has 0 N–H and O–H groups in total. The Bertz CT molecular complexity index is 263. The third-order valence-corrected chi connectivity index (χ3v) is 1.97. The molecule has 0 aromatic heterocycles. The van der Waals surface area contributed by atoms with Gasteiger partial charge in [-0.2, -0.15) is 7.05 Å². The van der Waals surface area contributed by atoms with Crippen molar-refractivity contribution >= 4 is 11.6 Å². The van der Waals surface area contributed by atoms with Crippen LogP contribution in [0.4, 0.5) is 4.39 Å². The van der Waals surface area contributed by atoms with Gasteiger partial charge in [0.1, 0.15) is 5.82 Å². The fourth-order valence-corrected chi connectivity index (χ4v) is 1.22. The van der Waals surface area contributed by atoms with Crippen LogP contribution in [0.5, 0.6) is 0 Å². The summed E-state index contributed by atoms with van der Waals surface area (Å²) in [4.78, 5) is 0. The summed E-state index contributed by atoms with van der Waals surface area (Å²) in [6, 6.07) is 4.44. The Hall–Kier alpha value is -0.600. The van der Waals surface area contributed by atoms with Crippen LogP contribution in [-0.2, 0) is 6.42 Å². The van der Waals surface area contributed by atoms with E-state index in [0.29, 0.717) is 5.02 Å². The second-order valence-corrected chi connectivity index (χ2v) is 2.93. The largest absolute Gasteiger partial charge is 0.665 e. The van der Waals surface area contributed by atoms with Gasteiger partial charge >= 0.3 is 0 Å². The van der Waals surface area contributed by atoms with Gasteiger partial charge < -0.3 is 5.32 Å². The molecule has 1 aromatic rings. The van der Waals surface area contributed by atoms with Crippen LogP contribution in [0.25, 0.3) is 5.32 Å². The van der Waals surface area contributed by atoms with Crippen molar-refractivity contribution in [3.8, 4) is 0 Å². The summed E-state index contributed by atoms with van der Waals surface area (Å²) in [6.07, 6.45) is 0.773. The third kappa shape index (κ3) is 2.47. The molecule has 0 aliphatic rings. The molecule has 0 aliphatic carbocycles. The number of halogens is 2. The number of benzene rings is 1. The lowest BCUT2D eigenvalue weighted by molar-refractivity contribution is 0.627. The number of nitrogens with zero attached hydrogens (tertiary/aromatic N) is 1. The lowest BCUT2D eigenvalue weighted by Crippen LogP contribution is -1.91. The molecule has 0 spiro atoms. The molecule has 3 heteroatoms. The van der Waals surface area contributed by atoms with Crippen molar-refractivity contribution in [2.24, 2.45) is 0 Å². The minimum Gasteiger partial charge on any atom is -0.665 e. The molecule has 0 aliphatic heterocycles. The van der Waals surface area contributed by atoms with Gasteiger partial charge in [0.05, 0.1) is 0 Å². The molecule has 0 amide bonds. The molecule has 0 saturated carbocycles. The van der Waals surface area contributed by atoms with Crippen LogP contribution in [0.3, 0.4) is 0 Å². The zero-order valence-corrected chi connectivity index (χ0v) is 7.61. The summed E-state index contributed by atoms with van der Waals surface area (Å²) in [5, 5.41) is 4.43. The van der Waals surface area contributed by atoms with E-state index in [4.69, 9.17) is 11.6 Å². The Morgan fingerprint density at radius 3 is 2.83 bits per heavy atom. The van der Waals surface area contributed by atoms with Gasteiger partial charge in [-0.3, -0.25) is 0 Å². The Kier molecular flexibility index (Phi) is 3.50. The summed E-state index contributed by atoms with van der Waals surface area (Å²) in [5.74, 6) is -0.294. The molecule has 1 nitrogen and oxygen atoms in total. The maximum atomic E-state index is 12.6. The fraction of sp³-hybridized carbons (Fsp3) is 0.333. The SMILES string of the molecule is C[N-]CCc1ccc(F)cc1Cl. The molecule has 0 bridgehead atoms. The number of rotatable bonds is 3. The van der Waals surface area contributed by atoms with Gasteiger partial charge in [-0.25, -0.2) is 4.39 Å². The monoisotopic (exact) mass is 186 g/mol. The van der Waals surface area contributed by atoms with Gasteiger partial charge in [-0.05, 0) is 24.1 Å². The first-order valence-electron chi connectivity index (χ1n) is 3.73. The predicted molar refractivity (Wildman–Crippen MR) is 49.3 cm³/mol. The molecule has 0 fully saturated rings. The Morgan fingerprint density at radius 1 is 1.50 bits per heavy atom. The molecule has 66 valence electrons. The molecule has 0 atom stereocenters. The van der Waals surface area contributed by atoms with Crippen molar-refractivity contribution in [3.63, 3.8) is 0 Å². The first-order valence-corrected chi connectivity index (χ1v) is 4.11. The third-order valence-electron chi connectivity index (χ3n) is 1.62. The minimum atomic E-state index is -0.294. The lowest BCUT2D eigenvalue weighted by atomic mass is 10.1. The Balaban J connectivity index is 2.72. The van der Waals surface area contributed by atoms with E-state index in [0.717, 1.165) is 18.5 Å². The predicted octanol–water partition coefficient (Wildman–Crippen LogP) is 3.03. The molecule has 12 heavy (non-hydrogen) atoms. The van der Waals surface area contributed by atoms with E-state index in [1.165, 1.54) is 12.1 Å². The van der Waals surface area contributed by atoms with Gasteiger partial charge in [0.25, 0.3) is 0 Å². The highest BCUT2D eigenvalue weighted by Gasteiger charge is 1.98. The van der Waals surface area contributed by atoms with Crippen molar-refractivity contribution < 1.29 is 4.39 Å². The Labute approximate surface area is 76.5 Å². The summed E-state index contributed by atoms with van der Waals surface area (Å²) in [6.45, 7) is 0.728. The first kappa shape index (κ1) is 9.49. The number of likely N-dealkylation sites (N-methyl/N-ethyl adjacent to an activating group) is 1. The summed E-state index contributed by atoms with van der Waals surface area (Å²) >= 11 is 5.78. The van der Waals surface area contributed by atoms with Crippen molar-refractivity contribution in [2.45, 2.75) is 6.42 Å². The highest BCUT2D eigenvalue weighted by Crippen LogP contribution is 2.17. The molecule has 0 saturated heterocycles. The fourth-order valence-electron chi connectivity index (χ4n) is 0.957. The van der Waals surface area contributed by atoms with Gasteiger partial charge in [0.15, 0.2) is 0 Å². The second kappa shape index (κ2) is 4.43. The van der Waals surface area contributed by atoms with Gasteiger partial charge in [0, 0.05) is 5.02 Å². The van der Waals surface area contributed by atoms with Crippen molar-refractivity contribution in [1.82, 2.24) is 0 Å².